The summed E-state index contributed by atoms with van der Waals surface area (Å²) >= 11 is 0. The lowest BCUT2D eigenvalue weighted by Crippen LogP contribution is -2.32. The molecule has 1 heterocycles. The summed E-state index contributed by atoms with van der Waals surface area (Å²) in [5.74, 6) is -0.429. The topological polar surface area (TPSA) is 76.3 Å². The number of hydrogen-bond acceptors (Lipinski definition) is 4. The van der Waals surface area contributed by atoms with Crippen molar-refractivity contribution in [1.29, 1.82) is 0 Å². The van der Waals surface area contributed by atoms with Gasteiger partial charge in [0.25, 0.3) is 11.5 Å². The summed E-state index contributed by atoms with van der Waals surface area (Å²) in [5, 5.41) is 9.72. The molecule has 0 fully saturated rings. The molecule has 0 atom stereocenters. The zero-order chi connectivity index (χ0) is 20.9. The molecular formula is C24H20N4O2. The van der Waals surface area contributed by atoms with E-state index in [1.165, 1.54) is 4.68 Å². The van der Waals surface area contributed by atoms with Crippen LogP contribution in [0.15, 0.2) is 88.8 Å². The van der Waals surface area contributed by atoms with Crippen molar-refractivity contribution in [3.05, 3.63) is 100 Å². The zero-order valence-corrected chi connectivity index (χ0v) is 16.4. The Morgan fingerprint density at radius 3 is 2.37 bits per heavy atom. The number of aromatic nitrogens is 2. The van der Waals surface area contributed by atoms with E-state index >= 15 is 0 Å². The highest BCUT2D eigenvalue weighted by atomic mass is 16.2. The van der Waals surface area contributed by atoms with Crippen LogP contribution in [0.2, 0.25) is 0 Å². The highest BCUT2D eigenvalue weighted by molar-refractivity contribution is 5.94. The smallest absolute Gasteiger partial charge is 0.271 e. The Hall–Kier alpha value is -4.06. The van der Waals surface area contributed by atoms with Crippen molar-refractivity contribution in [2.45, 2.75) is 13.5 Å². The third kappa shape index (κ3) is 4.17. The number of hydrogen-bond donors (Lipinski definition) is 1. The van der Waals surface area contributed by atoms with Crippen molar-refractivity contribution in [2.75, 3.05) is 0 Å². The fourth-order valence-electron chi connectivity index (χ4n) is 3.16. The third-order valence-corrected chi connectivity index (χ3v) is 4.69. The summed E-state index contributed by atoms with van der Waals surface area (Å²) in [7, 11) is 0. The van der Waals surface area contributed by atoms with Gasteiger partial charge in [-0.25, -0.2) is 10.1 Å². The first-order valence-electron chi connectivity index (χ1n) is 9.56. The standard InChI is InChI=1S/C24H20N4O2/c1-17-11-13-19(14-12-17)23-20-9-5-6-10-21(20)24(30)28(27-23)16-22(29)26-25-15-18-7-3-2-4-8-18/h2-15H,16H2,1H3,(H,26,29)/b25-15+. The number of nitrogens with one attached hydrogen (secondary N) is 1. The molecule has 0 bridgehead atoms. The van der Waals surface area contributed by atoms with Crippen LogP contribution in [0.25, 0.3) is 22.0 Å². The Labute approximate surface area is 173 Å². The van der Waals surface area contributed by atoms with Gasteiger partial charge in [-0.2, -0.15) is 10.2 Å². The molecule has 30 heavy (non-hydrogen) atoms. The molecule has 4 rings (SSSR count). The highest BCUT2D eigenvalue weighted by Crippen LogP contribution is 2.24. The summed E-state index contributed by atoms with van der Waals surface area (Å²) in [6.45, 7) is 1.78. The van der Waals surface area contributed by atoms with E-state index in [0.717, 1.165) is 22.1 Å². The normalized spacial score (nSPS) is 11.1. The van der Waals surface area contributed by atoms with E-state index < -0.39 is 5.91 Å². The Kier molecular flexibility index (Phi) is 5.48. The van der Waals surface area contributed by atoms with Gasteiger partial charge in [0.1, 0.15) is 6.54 Å². The van der Waals surface area contributed by atoms with E-state index in [0.29, 0.717) is 11.1 Å². The number of carbonyl (C=O) groups is 1. The second-order valence-electron chi connectivity index (χ2n) is 6.93. The molecule has 148 valence electrons. The van der Waals surface area contributed by atoms with Gasteiger partial charge < -0.3 is 0 Å². The fraction of sp³-hybridized carbons (Fsp3) is 0.0833. The van der Waals surface area contributed by atoms with Crippen molar-refractivity contribution in [3.63, 3.8) is 0 Å². The molecule has 0 spiro atoms. The summed E-state index contributed by atoms with van der Waals surface area (Å²) in [4.78, 5) is 25.2. The summed E-state index contributed by atoms with van der Waals surface area (Å²) in [5.41, 5.74) is 5.67. The maximum Gasteiger partial charge on any atom is 0.275 e. The maximum atomic E-state index is 12.9. The minimum absolute atomic E-state index is 0.228. The van der Waals surface area contributed by atoms with Crippen LogP contribution in [0.1, 0.15) is 11.1 Å². The van der Waals surface area contributed by atoms with Gasteiger partial charge in [-0.05, 0) is 18.6 Å². The van der Waals surface area contributed by atoms with Crippen molar-refractivity contribution in [1.82, 2.24) is 15.2 Å². The average molecular weight is 396 g/mol. The zero-order valence-electron chi connectivity index (χ0n) is 16.4. The highest BCUT2D eigenvalue weighted by Gasteiger charge is 2.14. The van der Waals surface area contributed by atoms with E-state index in [2.05, 4.69) is 15.6 Å². The Morgan fingerprint density at radius 1 is 0.967 bits per heavy atom. The molecule has 3 aromatic carbocycles. The largest absolute Gasteiger partial charge is 0.275 e. The van der Waals surface area contributed by atoms with Gasteiger partial charge in [-0.15, -0.1) is 0 Å². The Bertz CT molecular complexity index is 1280. The maximum absolute atomic E-state index is 12.9. The molecule has 0 aliphatic carbocycles. The van der Waals surface area contributed by atoms with Crippen LogP contribution in [0.4, 0.5) is 0 Å². The van der Waals surface area contributed by atoms with Crippen molar-refractivity contribution < 1.29 is 4.79 Å². The minimum Gasteiger partial charge on any atom is -0.271 e. The molecule has 4 aromatic rings. The number of aryl methyl sites for hydroxylation is 1. The number of hydrazone groups is 1. The molecular weight excluding hydrogens is 376 g/mol. The van der Waals surface area contributed by atoms with Crippen molar-refractivity contribution in [3.8, 4) is 11.3 Å². The van der Waals surface area contributed by atoms with Crippen LogP contribution in [0.3, 0.4) is 0 Å². The first-order chi connectivity index (χ1) is 14.6. The molecule has 0 radical (unpaired) electrons. The van der Waals surface area contributed by atoms with Crippen molar-refractivity contribution in [2.24, 2.45) is 5.10 Å². The summed E-state index contributed by atoms with van der Waals surface area (Å²) < 4.78 is 1.19. The molecule has 6 nitrogen and oxygen atoms in total. The van der Waals surface area contributed by atoms with Gasteiger partial charge in [0, 0.05) is 10.9 Å². The molecule has 1 amide bonds. The molecule has 0 aliphatic heterocycles. The van der Waals surface area contributed by atoms with Crippen LogP contribution in [-0.4, -0.2) is 21.9 Å². The first-order valence-corrected chi connectivity index (χ1v) is 9.56. The molecule has 0 aliphatic rings. The molecule has 1 aromatic heterocycles. The van der Waals surface area contributed by atoms with Crippen LogP contribution < -0.4 is 11.0 Å². The fourth-order valence-corrected chi connectivity index (χ4v) is 3.16. The molecule has 6 heteroatoms. The van der Waals surface area contributed by atoms with E-state index in [1.54, 1.807) is 18.3 Å². The van der Waals surface area contributed by atoms with Gasteiger partial charge >= 0.3 is 0 Å². The summed E-state index contributed by atoms with van der Waals surface area (Å²) in [6, 6.07) is 24.6. The van der Waals surface area contributed by atoms with Crippen LogP contribution in [0.5, 0.6) is 0 Å². The number of nitrogens with zero attached hydrogens (tertiary/aromatic N) is 3. The van der Waals surface area contributed by atoms with Crippen LogP contribution >= 0.6 is 0 Å². The Balaban J connectivity index is 1.64. The van der Waals surface area contributed by atoms with Crippen LogP contribution in [0, 0.1) is 6.92 Å². The van der Waals surface area contributed by atoms with Gasteiger partial charge in [0.15, 0.2) is 0 Å². The predicted molar refractivity (Wildman–Crippen MR) is 118 cm³/mol. The SMILES string of the molecule is Cc1ccc(-c2nn(CC(=O)N/N=C/c3ccccc3)c(=O)c3ccccc23)cc1. The van der Waals surface area contributed by atoms with Gasteiger partial charge in [0.2, 0.25) is 0 Å². The second kappa shape index (κ2) is 8.53. The minimum atomic E-state index is -0.429. The number of amides is 1. The van der Waals surface area contributed by atoms with Crippen molar-refractivity contribution >= 4 is 22.9 Å². The lowest BCUT2D eigenvalue weighted by Gasteiger charge is -2.11. The number of rotatable bonds is 5. The Morgan fingerprint density at radius 2 is 1.63 bits per heavy atom. The van der Waals surface area contributed by atoms with Gasteiger partial charge in [-0.1, -0.05) is 78.4 Å². The summed E-state index contributed by atoms with van der Waals surface area (Å²) in [6.07, 6.45) is 1.55. The number of fused-ring (bicyclic) bond motifs is 1. The van der Waals surface area contributed by atoms with E-state index in [1.807, 2.05) is 73.7 Å². The van der Waals surface area contributed by atoms with E-state index in [9.17, 15) is 9.59 Å². The van der Waals surface area contributed by atoms with E-state index in [4.69, 9.17) is 0 Å². The molecule has 0 saturated heterocycles. The monoisotopic (exact) mass is 396 g/mol. The van der Waals surface area contributed by atoms with Gasteiger partial charge in [0.05, 0.1) is 17.3 Å². The number of benzene rings is 3. The molecule has 1 N–H and O–H groups in total. The quantitative estimate of drug-likeness (QED) is 0.414. The molecule has 0 saturated carbocycles. The van der Waals surface area contributed by atoms with Gasteiger partial charge in [-0.3, -0.25) is 9.59 Å². The molecule has 0 unspecified atom stereocenters. The van der Waals surface area contributed by atoms with Crippen LogP contribution in [-0.2, 0) is 11.3 Å². The number of carbonyl (C=O) groups excluding carboxylic acids is 1. The third-order valence-electron chi connectivity index (χ3n) is 4.69. The predicted octanol–water partition coefficient (Wildman–Crippen LogP) is 3.52. The average Bonchev–Trinajstić information content (AvgIpc) is 2.77. The van der Waals surface area contributed by atoms with E-state index in [-0.39, 0.29) is 12.1 Å². The lowest BCUT2D eigenvalue weighted by molar-refractivity contribution is -0.121. The second-order valence-corrected chi connectivity index (χ2v) is 6.93. The first kappa shape index (κ1) is 19.3. The lowest BCUT2D eigenvalue weighted by atomic mass is 10.0.